The Kier molecular flexibility index (Phi) is 6.14. The molecule has 1 aromatic carbocycles. The minimum absolute atomic E-state index is 0.245. The fraction of sp³-hybridized carbons (Fsp3) is 0.450. The van der Waals surface area contributed by atoms with Crippen LogP contribution in [0.4, 0.5) is 0 Å². The predicted octanol–water partition coefficient (Wildman–Crippen LogP) is 2.94. The molecule has 1 atom stereocenters. The van der Waals surface area contributed by atoms with Crippen molar-refractivity contribution in [3.63, 3.8) is 0 Å². The first-order chi connectivity index (χ1) is 12.9. The lowest BCUT2D eigenvalue weighted by molar-refractivity contribution is 0.157. The summed E-state index contributed by atoms with van der Waals surface area (Å²) < 4.78 is 31.3. The van der Waals surface area contributed by atoms with E-state index in [0.29, 0.717) is 18.4 Å². The minimum atomic E-state index is -3.41. The van der Waals surface area contributed by atoms with Gasteiger partial charge in [-0.15, -0.1) is 0 Å². The van der Waals surface area contributed by atoms with Crippen molar-refractivity contribution in [2.45, 2.75) is 36.7 Å². The highest BCUT2D eigenvalue weighted by Gasteiger charge is 2.33. The average Bonchev–Trinajstić information content (AvgIpc) is 3.51. The van der Waals surface area contributed by atoms with Crippen LogP contribution in [0.1, 0.15) is 31.5 Å². The molecule has 1 saturated carbocycles. The van der Waals surface area contributed by atoms with E-state index in [0.717, 1.165) is 12.2 Å². The van der Waals surface area contributed by atoms with Gasteiger partial charge in [0.05, 0.1) is 10.6 Å². The number of hydrogen-bond donors (Lipinski definition) is 0. The molecule has 0 radical (unpaired) electrons. The summed E-state index contributed by atoms with van der Waals surface area (Å²) in [6.07, 6.45) is 4.26. The van der Waals surface area contributed by atoms with E-state index < -0.39 is 10.0 Å². The van der Waals surface area contributed by atoms with Gasteiger partial charge in [0.2, 0.25) is 10.0 Å². The zero-order valence-corrected chi connectivity index (χ0v) is 16.9. The molecule has 7 heteroatoms. The van der Waals surface area contributed by atoms with Gasteiger partial charge in [0.1, 0.15) is 12.4 Å². The third-order valence-corrected chi connectivity index (χ3v) is 6.68. The number of ether oxygens (including phenoxy) is 1. The zero-order valence-electron chi connectivity index (χ0n) is 16.1. The lowest BCUT2D eigenvalue weighted by Gasteiger charge is -2.28. The van der Waals surface area contributed by atoms with Crippen LogP contribution in [0.2, 0.25) is 0 Å². The first-order valence-electron chi connectivity index (χ1n) is 9.21. The number of sulfonamides is 1. The van der Waals surface area contributed by atoms with Gasteiger partial charge in [0.15, 0.2) is 0 Å². The van der Waals surface area contributed by atoms with Gasteiger partial charge >= 0.3 is 0 Å². The van der Waals surface area contributed by atoms with E-state index in [1.807, 2.05) is 18.3 Å². The smallest absolute Gasteiger partial charge is 0.242 e. The fourth-order valence-corrected chi connectivity index (χ4v) is 3.98. The molecular formula is C20H27N3O3S. The van der Waals surface area contributed by atoms with Crippen molar-refractivity contribution in [1.82, 2.24) is 14.2 Å². The Morgan fingerprint density at radius 1 is 1.15 bits per heavy atom. The molecule has 0 unspecified atom stereocenters. The van der Waals surface area contributed by atoms with Crippen molar-refractivity contribution < 1.29 is 13.2 Å². The molecule has 0 spiro atoms. The van der Waals surface area contributed by atoms with Crippen LogP contribution < -0.4 is 4.74 Å². The Morgan fingerprint density at radius 2 is 1.85 bits per heavy atom. The lowest BCUT2D eigenvalue weighted by Crippen LogP contribution is -2.33. The molecule has 1 aliphatic rings. The summed E-state index contributed by atoms with van der Waals surface area (Å²) in [6.45, 7) is 3.54. The number of aromatic nitrogens is 1. The summed E-state index contributed by atoms with van der Waals surface area (Å²) in [5.41, 5.74) is 1.07. The summed E-state index contributed by atoms with van der Waals surface area (Å²) in [5, 5.41) is 0. The molecule has 0 aliphatic heterocycles. The normalized spacial score (nSPS) is 15.9. The fourth-order valence-electron chi connectivity index (χ4n) is 3.08. The van der Waals surface area contributed by atoms with Gasteiger partial charge in [-0.1, -0.05) is 6.07 Å². The van der Waals surface area contributed by atoms with Gasteiger partial charge < -0.3 is 4.74 Å². The van der Waals surface area contributed by atoms with Crippen molar-refractivity contribution in [2.75, 3.05) is 27.2 Å². The van der Waals surface area contributed by atoms with Crippen LogP contribution in [-0.2, 0) is 10.0 Å². The molecule has 0 bridgehead atoms. The third-order valence-electron chi connectivity index (χ3n) is 4.85. The highest BCUT2D eigenvalue weighted by atomic mass is 32.2. The molecule has 3 rings (SSSR count). The second-order valence-electron chi connectivity index (χ2n) is 7.01. The molecule has 0 N–H and O–H groups in total. The van der Waals surface area contributed by atoms with Crippen molar-refractivity contribution in [2.24, 2.45) is 0 Å². The zero-order chi connectivity index (χ0) is 19.4. The van der Waals surface area contributed by atoms with Gasteiger partial charge in [0.25, 0.3) is 0 Å². The van der Waals surface area contributed by atoms with Crippen LogP contribution in [-0.4, -0.2) is 55.9 Å². The monoisotopic (exact) mass is 389 g/mol. The maximum absolute atomic E-state index is 12.1. The van der Waals surface area contributed by atoms with E-state index in [1.54, 1.807) is 24.3 Å². The van der Waals surface area contributed by atoms with Crippen LogP contribution in [0.25, 0.3) is 0 Å². The first kappa shape index (κ1) is 19.8. The highest BCUT2D eigenvalue weighted by Crippen LogP contribution is 2.33. The Bertz CT molecular complexity index is 835. The summed E-state index contributed by atoms with van der Waals surface area (Å²) in [4.78, 5) is 7.18. The number of rotatable bonds is 9. The standard InChI is InChI=1S/C20H27N3O3S/c1-16(20-6-4-5-13-21-20)23(17-7-8-17)14-15-26-18-9-11-19(12-10-18)27(24,25)22(2)3/h4-6,9-13,16-17H,7-8,14-15H2,1-3H3/t16-/m1/s1. The van der Waals surface area contributed by atoms with Gasteiger partial charge in [-0.3, -0.25) is 9.88 Å². The summed E-state index contributed by atoms with van der Waals surface area (Å²) in [5.74, 6) is 0.675. The minimum Gasteiger partial charge on any atom is -0.492 e. The van der Waals surface area contributed by atoms with E-state index >= 15 is 0 Å². The summed E-state index contributed by atoms with van der Waals surface area (Å²) in [7, 11) is -0.364. The van der Waals surface area contributed by atoms with Crippen molar-refractivity contribution in [3.8, 4) is 5.75 Å². The molecular weight excluding hydrogens is 362 g/mol. The summed E-state index contributed by atoms with van der Waals surface area (Å²) >= 11 is 0. The first-order valence-corrected chi connectivity index (χ1v) is 10.7. The molecule has 27 heavy (non-hydrogen) atoms. The van der Waals surface area contributed by atoms with Crippen molar-refractivity contribution >= 4 is 10.0 Å². The quantitative estimate of drug-likeness (QED) is 0.660. The van der Waals surface area contributed by atoms with Gasteiger partial charge in [0, 0.05) is 38.9 Å². The number of nitrogens with zero attached hydrogens (tertiary/aromatic N) is 3. The van der Waals surface area contributed by atoms with Gasteiger partial charge in [-0.05, 0) is 56.2 Å². The molecule has 1 fully saturated rings. The molecule has 0 amide bonds. The highest BCUT2D eigenvalue weighted by molar-refractivity contribution is 7.89. The molecule has 1 heterocycles. The number of pyridine rings is 1. The average molecular weight is 390 g/mol. The third kappa shape index (κ3) is 4.86. The van der Waals surface area contributed by atoms with E-state index in [4.69, 9.17) is 4.74 Å². The van der Waals surface area contributed by atoms with E-state index in [9.17, 15) is 8.42 Å². The predicted molar refractivity (Wildman–Crippen MR) is 105 cm³/mol. The largest absolute Gasteiger partial charge is 0.492 e. The molecule has 0 saturated heterocycles. The van der Waals surface area contributed by atoms with E-state index in [-0.39, 0.29) is 10.9 Å². The maximum atomic E-state index is 12.1. The molecule has 6 nitrogen and oxygen atoms in total. The molecule has 1 aliphatic carbocycles. The Labute approximate surface area is 161 Å². The van der Waals surface area contributed by atoms with Crippen LogP contribution in [0.5, 0.6) is 5.75 Å². The molecule has 146 valence electrons. The van der Waals surface area contributed by atoms with Gasteiger partial charge in [-0.25, -0.2) is 12.7 Å². The van der Waals surface area contributed by atoms with Crippen LogP contribution in [0, 0.1) is 0 Å². The van der Waals surface area contributed by atoms with Crippen LogP contribution >= 0.6 is 0 Å². The van der Waals surface area contributed by atoms with Crippen molar-refractivity contribution in [1.29, 1.82) is 0 Å². The molecule has 2 aromatic rings. The van der Waals surface area contributed by atoms with Crippen LogP contribution in [0.3, 0.4) is 0 Å². The topological polar surface area (TPSA) is 62.7 Å². The Hall–Kier alpha value is -1.96. The summed E-state index contributed by atoms with van der Waals surface area (Å²) in [6, 6.07) is 13.4. The Morgan fingerprint density at radius 3 is 2.41 bits per heavy atom. The van der Waals surface area contributed by atoms with Crippen LogP contribution in [0.15, 0.2) is 53.6 Å². The lowest BCUT2D eigenvalue weighted by atomic mass is 10.2. The second-order valence-corrected chi connectivity index (χ2v) is 9.16. The second kappa shape index (κ2) is 8.37. The number of benzene rings is 1. The maximum Gasteiger partial charge on any atom is 0.242 e. The molecule has 1 aromatic heterocycles. The Balaban J connectivity index is 1.58. The van der Waals surface area contributed by atoms with E-state index in [1.165, 1.54) is 31.2 Å². The van der Waals surface area contributed by atoms with Crippen molar-refractivity contribution in [3.05, 3.63) is 54.4 Å². The van der Waals surface area contributed by atoms with E-state index in [2.05, 4.69) is 22.9 Å². The SMILES string of the molecule is C[C@H](c1ccccn1)N(CCOc1ccc(S(=O)(=O)N(C)C)cc1)C1CC1. The van der Waals surface area contributed by atoms with Gasteiger partial charge in [-0.2, -0.15) is 0 Å². The number of hydrogen-bond acceptors (Lipinski definition) is 5.